The number of rotatable bonds is 7. The van der Waals surface area contributed by atoms with Crippen molar-refractivity contribution < 1.29 is 113 Å². The molecule has 0 N–H and O–H groups in total. The molecule has 0 aliphatic heterocycles. The maximum absolute atomic E-state index is 13.0. The van der Waals surface area contributed by atoms with Gasteiger partial charge in [0.2, 0.25) is 0 Å². The van der Waals surface area contributed by atoms with Crippen LogP contribution in [0.3, 0.4) is 0 Å². The van der Waals surface area contributed by atoms with E-state index in [0.717, 1.165) is 0 Å². The van der Waals surface area contributed by atoms with Crippen LogP contribution in [-0.2, 0) is 10.1 Å². The number of alkyl halides is 11. The van der Waals surface area contributed by atoms with E-state index in [-0.39, 0.29) is 51.4 Å². The van der Waals surface area contributed by atoms with Crippen molar-refractivity contribution in [3.05, 3.63) is 0 Å². The van der Waals surface area contributed by atoms with Crippen LogP contribution in [0.2, 0.25) is 0 Å². The molecule has 0 spiro atoms. The van der Waals surface area contributed by atoms with Crippen LogP contribution in [0.25, 0.3) is 0 Å². The van der Waals surface area contributed by atoms with Crippen molar-refractivity contribution in [3.63, 3.8) is 0 Å². The summed E-state index contributed by atoms with van der Waals surface area (Å²) >= 11 is 0. The molecule has 0 aromatic carbocycles. The average Bonchev–Trinajstić information content (AvgIpc) is 2.35. The summed E-state index contributed by atoms with van der Waals surface area (Å²) in [5.74, 6) is -29.6. The second-order valence-electron chi connectivity index (χ2n) is 4.19. The number of halogens is 11. The monoisotopic (exact) mass is 430 g/mol. The van der Waals surface area contributed by atoms with Crippen molar-refractivity contribution >= 4 is 10.1 Å². The van der Waals surface area contributed by atoms with Gasteiger partial charge in [-0.1, -0.05) is 6.92 Å². The normalized spacial score (nSPS) is 16.5. The Morgan fingerprint density at radius 1 is 0.833 bits per heavy atom. The van der Waals surface area contributed by atoms with E-state index in [1.807, 2.05) is 0 Å². The fourth-order valence-corrected chi connectivity index (χ4v) is 1.64. The van der Waals surface area contributed by atoms with Gasteiger partial charge in [0.05, 0.1) is 0 Å². The van der Waals surface area contributed by atoms with Gasteiger partial charge in [0.15, 0.2) is 16.3 Å². The van der Waals surface area contributed by atoms with Crippen LogP contribution in [-0.4, -0.2) is 48.1 Å². The Morgan fingerprint density at radius 2 is 1.17 bits per heavy atom. The second-order valence-corrected chi connectivity index (χ2v) is 5.61. The van der Waals surface area contributed by atoms with E-state index in [1.165, 1.54) is 0 Å². The molecule has 0 radical (unpaired) electrons. The van der Waals surface area contributed by atoms with Crippen molar-refractivity contribution in [2.45, 2.75) is 48.5 Å². The van der Waals surface area contributed by atoms with Gasteiger partial charge in [-0.05, 0) is 6.42 Å². The largest absolute Gasteiger partial charge is 1.00 e. The fraction of sp³-hybridized carbons (Fsp3) is 1.00. The minimum atomic E-state index is -7.79. The quantitative estimate of drug-likeness (QED) is 0.334. The second kappa shape index (κ2) is 7.42. The molecular formula is C8H6F11KO3S. The molecule has 0 amide bonds. The molecule has 0 saturated heterocycles. The van der Waals surface area contributed by atoms with Gasteiger partial charge in [0.25, 0.3) is 0 Å². The van der Waals surface area contributed by atoms with Crippen LogP contribution in [0.1, 0.15) is 13.3 Å². The summed E-state index contributed by atoms with van der Waals surface area (Å²) in [6.07, 6.45) is -5.75. The fourth-order valence-electron chi connectivity index (χ4n) is 1.20. The minimum Gasteiger partial charge on any atom is -0.743 e. The van der Waals surface area contributed by atoms with E-state index in [4.69, 9.17) is 0 Å². The van der Waals surface area contributed by atoms with Crippen LogP contribution >= 0.6 is 0 Å². The van der Waals surface area contributed by atoms with E-state index in [2.05, 4.69) is 0 Å². The Balaban J connectivity index is 0. The van der Waals surface area contributed by atoms with E-state index < -0.39 is 51.7 Å². The van der Waals surface area contributed by atoms with E-state index >= 15 is 0 Å². The summed E-state index contributed by atoms with van der Waals surface area (Å²) in [5.41, 5.74) is 0. The van der Waals surface area contributed by atoms with E-state index in [9.17, 15) is 61.3 Å². The van der Waals surface area contributed by atoms with Gasteiger partial charge in [-0.3, -0.25) is 0 Å². The Kier molecular flexibility index (Phi) is 8.35. The summed E-state index contributed by atoms with van der Waals surface area (Å²) in [6, 6.07) is 0. The smallest absolute Gasteiger partial charge is 0.743 e. The zero-order valence-corrected chi connectivity index (χ0v) is 15.5. The van der Waals surface area contributed by atoms with Gasteiger partial charge >= 0.3 is 80.3 Å². The summed E-state index contributed by atoms with van der Waals surface area (Å²) in [4.78, 5) is 0. The van der Waals surface area contributed by atoms with Gasteiger partial charge in [-0.25, -0.2) is 12.8 Å². The SMILES string of the molecule is CCC(F)C(F)(F)C(F)(F)C(F)(F)C(F)(F)C(F)(F)S(=O)(=O)[O-].[K+]. The van der Waals surface area contributed by atoms with E-state index in [1.54, 1.807) is 0 Å². The Labute approximate surface area is 170 Å². The first-order chi connectivity index (χ1) is 9.73. The first-order valence-corrected chi connectivity index (χ1v) is 6.62. The topological polar surface area (TPSA) is 57.2 Å². The first-order valence-electron chi connectivity index (χ1n) is 5.22. The molecule has 0 bridgehead atoms. The summed E-state index contributed by atoms with van der Waals surface area (Å²) in [6.45, 7) is 0.418. The van der Waals surface area contributed by atoms with Gasteiger partial charge in [0, 0.05) is 0 Å². The Morgan fingerprint density at radius 3 is 1.42 bits per heavy atom. The zero-order chi connectivity index (χ0) is 19.3. The van der Waals surface area contributed by atoms with Crippen LogP contribution in [0.15, 0.2) is 0 Å². The average molecular weight is 430 g/mol. The predicted molar refractivity (Wildman–Crippen MR) is 49.6 cm³/mol. The maximum atomic E-state index is 13.0. The molecule has 0 aliphatic carbocycles. The third kappa shape index (κ3) is 3.73. The maximum Gasteiger partial charge on any atom is 1.00 e. The molecular weight excluding hydrogens is 424 g/mol. The summed E-state index contributed by atoms with van der Waals surface area (Å²) in [7, 11) is -7.66. The summed E-state index contributed by atoms with van der Waals surface area (Å²) in [5, 5.41) is -7.37. The molecule has 1 unspecified atom stereocenters. The summed E-state index contributed by atoms with van der Waals surface area (Å²) < 4.78 is 171. The molecule has 0 aromatic heterocycles. The van der Waals surface area contributed by atoms with Gasteiger partial charge in [0.1, 0.15) is 0 Å². The number of hydrogen-bond acceptors (Lipinski definition) is 3. The Bertz CT molecular complexity index is 547. The standard InChI is InChI=1S/C8H7F11O3S.K/c1-2-3(9)4(10,11)5(12,13)6(14,15)7(16,17)8(18,19)23(20,21)22;/h3H,2H2,1H3,(H,20,21,22);/q;+1/p-1. The van der Waals surface area contributed by atoms with Crippen molar-refractivity contribution in [1.29, 1.82) is 0 Å². The van der Waals surface area contributed by atoms with Crippen molar-refractivity contribution in [3.8, 4) is 0 Å². The van der Waals surface area contributed by atoms with Gasteiger partial charge < -0.3 is 4.55 Å². The molecule has 0 fully saturated rings. The van der Waals surface area contributed by atoms with Crippen LogP contribution in [0.4, 0.5) is 48.3 Å². The molecule has 0 saturated carbocycles. The molecule has 0 heterocycles. The van der Waals surface area contributed by atoms with Gasteiger partial charge in [-0.2, -0.15) is 43.9 Å². The molecule has 24 heavy (non-hydrogen) atoms. The van der Waals surface area contributed by atoms with Crippen molar-refractivity contribution in [1.82, 2.24) is 0 Å². The molecule has 0 rings (SSSR count). The molecule has 1 atom stereocenters. The van der Waals surface area contributed by atoms with Crippen molar-refractivity contribution in [2.75, 3.05) is 0 Å². The molecule has 3 nitrogen and oxygen atoms in total. The third-order valence-electron chi connectivity index (χ3n) is 2.64. The number of hydrogen-bond donors (Lipinski definition) is 0. The molecule has 16 heteroatoms. The first kappa shape index (κ1) is 27.0. The van der Waals surface area contributed by atoms with Gasteiger partial charge in [-0.15, -0.1) is 0 Å². The molecule has 0 aliphatic rings. The van der Waals surface area contributed by atoms with Crippen LogP contribution in [0.5, 0.6) is 0 Å². The van der Waals surface area contributed by atoms with Crippen molar-refractivity contribution in [2.24, 2.45) is 0 Å². The Hall–Kier alpha value is 0.776. The molecule has 0 aromatic rings. The molecule has 140 valence electrons. The van der Waals surface area contributed by atoms with Crippen LogP contribution < -0.4 is 51.4 Å². The predicted octanol–water partition coefficient (Wildman–Crippen LogP) is 0.418. The van der Waals surface area contributed by atoms with E-state index in [0.29, 0.717) is 6.92 Å². The third-order valence-corrected chi connectivity index (χ3v) is 3.52. The van der Waals surface area contributed by atoms with Crippen LogP contribution in [0, 0.1) is 0 Å². The zero-order valence-electron chi connectivity index (χ0n) is 11.6. The minimum absolute atomic E-state index is 0.